The molecule has 1 aliphatic heterocycles. The summed E-state index contributed by atoms with van der Waals surface area (Å²) in [6.07, 6.45) is 1.08. The third-order valence-corrected chi connectivity index (χ3v) is 7.36. The molecule has 0 aliphatic carbocycles. The van der Waals surface area contributed by atoms with Crippen LogP contribution in [0.1, 0.15) is 36.4 Å². The number of aliphatic hydroxyl groups is 1. The second-order valence-corrected chi connectivity index (χ2v) is 10.6. The van der Waals surface area contributed by atoms with Crippen molar-refractivity contribution in [2.45, 2.75) is 39.0 Å². The lowest BCUT2D eigenvalue weighted by Crippen LogP contribution is -2.54. The SMILES string of the molecule is CCOC(=O)C(CC(Cc1ccc(-c2cc(Cl)ccc2F)c(C)c1)NC(O)c1cn[nH]n1)CN1CC(C(N)=O)C1. The number of nitrogens with one attached hydrogen (secondary N) is 2. The van der Waals surface area contributed by atoms with Gasteiger partial charge in [0.25, 0.3) is 0 Å². The number of carbonyl (C=O) groups excluding carboxylic acids is 2. The van der Waals surface area contributed by atoms with Crippen molar-refractivity contribution in [2.24, 2.45) is 17.6 Å². The zero-order valence-corrected chi connectivity index (χ0v) is 23.2. The van der Waals surface area contributed by atoms with E-state index in [0.717, 1.165) is 16.7 Å². The van der Waals surface area contributed by atoms with Crippen LogP contribution in [0.15, 0.2) is 42.6 Å². The van der Waals surface area contributed by atoms with Gasteiger partial charge in [0.15, 0.2) is 6.23 Å². The maximum Gasteiger partial charge on any atom is 0.310 e. The predicted molar refractivity (Wildman–Crippen MR) is 147 cm³/mol. The second kappa shape index (κ2) is 13.3. The summed E-state index contributed by atoms with van der Waals surface area (Å²) in [7, 11) is 0. The smallest absolute Gasteiger partial charge is 0.310 e. The number of esters is 1. The van der Waals surface area contributed by atoms with E-state index in [9.17, 15) is 19.1 Å². The molecule has 214 valence electrons. The van der Waals surface area contributed by atoms with E-state index in [2.05, 4.69) is 20.7 Å². The molecule has 4 rings (SSSR count). The van der Waals surface area contributed by atoms with Crippen LogP contribution in [-0.2, 0) is 20.7 Å². The minimum Gasteiger partial charge on any atom is -0.466 e. The number of hydrogen-bond donors (Lipinski definition) is 4. The second-order valence-electron chi connectivity index (χ2n) is 10.1. The topological polar surface area (TPSA) is 146 Å². The standard InChI is InChI=1S/C28H34ClFN6O4/c1-3-40-28(39)18(13-36-14-19(15-36)26(31)37)10-21(33-27(38)25-12-32-35-34-25)9-17-4-6-22(16(2)8-17)23-11-20(29)5-7-24(23)30/h4-8,11-12,18-19,21,27,33,38H,3,9-10,13-15H2,1-2H3,(H2,31,37)(H,32,34,35). The van der Waals surface area contributed by atoms with E-state index in [1.54, 1.807) is 13.0 Å². The number of nitrogens with two attached hydrogens (primary N) is 1. The summed E-state index contributed by atoms with van der Waals surface area (Å²) < 4.78 is 19.9. The number of likely N-dealkylation sites (tertiary alicyclic amines) is 1. The number of rotatable bonds is 13. The van der Waals surface area contributed by atoms with Crippen LogP contribution in [-0.4, -0.2) is 69.6 Å². The number of aryl methyl sites for hydroxylation is 1. The maximum atomic E-state index is 14.5. The normalized spacial score (nSPS) is 16.2. The Labute approximate surface area is 237 Å². The number of amides is 1. The van der Waals surface area contributed by atoms with Crippen LogP contribution in [0.2, 0.25) is 5.02 Å². The van der Waals surface area contributed by atoms with E-state index < -0.39 is 12.1 Å². The van der Waals surface area contributed by atoms with Crippen LogP contribution in [0.4, 0.5) is 4.39 Å². The zero-order valence-electron chi connectivity index (χ0n) is 22.4. The molecule has 2 aromatic carbocycles. The first kappa shape index (κ1) is 29.6. The van der Waals surface area contributed by atoms with Crippen molar-refractivity contribution in [1.29, 1.82) is 0 Å². The molecule has 1 aliphatic rings. The Bertz CT molecular complexity index is 1320. The maximum absolute atomic E-state index is 14.5. The van der Waals surface area contributed by atoms with E-state index in [1.165, 1.54) is 18.3 Å². The molecule has 1 saturated heterocycles. The van der Waals surface area contributed by atoms with Gasteiger partial charge in [0.05, 0.1) is 24.6 Å². The lowest BCUT2D eigenvalue weighted by molar-refractivity contribution is -0.150. The highest BCUT2D eigenvalue weighted by Crippen LogP contribution is 2.30. The molecule has 1 amide bonds. The molecule has 3 aromatic rings. The number of primary amides is 1. The Morgan fingerprint density at radius 1 is 1.27 bits per heavy atom. The molecule has 1 aromatic heterocycles. The van der Waals surface area contributed by atoms with Gasteiger partial charge in [-0.15, -0.1) is 0 Å². The van der Waals surface area contributed by atoms with Gasteiger partial charge in [-0.25, -0.2) is 4.39 Å². The van der Waals surface area contributed by atoms with Crippen molar-refractivity contribution < 1.29 is 23.8 Å². The van der Waals surface area contributed by atoms with Crippen molar-refractivity contribution in [3.05, 3.63) is 70.3 Å². The molecule has 0 radical (unpaired) electrons. The number of aromatic amines is 1. The van der Waals surface area contributed by atoms with Gasteiger partial charge >= 0.3 is 5.97 Å². The summed E-state index contributed by atoms with van der Waals surface area (Å²) in [5.74, 6) is -1.81. The Balaban J connectivity index is 1.55. The lowest BCUT2D eigenvalue weighted by Gasteiger charge is -2.39. The number of ether oxygens (including phenoxy) is 1. The minimum absolute atomic E-state index is 0.225. The summed E-state index contributed by atoms with van der Waals surface area (Å²) in [6.45, 7) is 5.26. The molecule has 3 atom stereocenters. The fourth-order valence-electron chi connectivity index (χ4n) is 5.06. The first-order chi connectivity index (χ1) is 19.1. The highest BCUT2D eigenvalue weighted by atomic mass is 35.5. The van der Waals surface area contributed by atoms with Crippen LogP contribution in [0.5, 0.6) is 0 Å². The van der Waals surface area contributed by atoms with Crippen LogP contribution in [0.25, 0.3) is 11.1 Å². The molecule has 0 spiro atoms. The number of carbonyl (C=O) groups is 2. The highest BCUT2D eigenvalue weighted by molar-refractivity contribution is 6.30. The number of hydrogen-bond acceptors (Lipinski definition) is 8. The number of nitrogens with zero attached hydrogens (tertiary/aromatic N) is 3. The fourth-order valence-corrected chi connectivity index (χ4v) is 5.24. The van der Waals surface area contributed by atoms with E-state index in [-0.39, 0.29) is 36.3 Å². The quantitative estimate of drug-likeness (QED) is 0.181. The van der Waals surface area contributed by atoms with Gasteiger partial charge in [0.1, 0.15) is 11.5 Å². The molecule has 2 heterocycles. The number of aliphatic hydroxyl groups excluding tert-OH is 1. The molecular weight excluding hydrogens is 539 g/mol. The minimum atomic E-state index is -1.13. The summed E-state index contributed by atoms with van der Waals surface area (Å²) in [5, 5.41) is 24.6. The molecule has 12 heteroatoms. The number of benzene rings is 2. The van der Waals surface area contributed by atoms with Crippen LogP contribution in [0, 0.1) is 24.6 Å². The van der Waals surface area contributed by atoms with Gasteiger partial charge in [-0.05, 0) is 61.6 Å². The van der Waals surface area contributed by atoms with E-state index in [0.29, 0.717) is 48.8 Å². The Hall–Kier alpha value is -3.38. The summed E-state index contributed by atoms with van der Waals surface area (Å²) >= 11 is 6.11. The first-order valence-corrected chi connectivity index (χ1v) is 13.5. The van der Waals surface area contributed by atoms with E-state index >= 15 is 0 Å². The fraction of sp³-hybridized carbons (Fsp3) is 0.429. The summed E-state index contributed by atoms with van der Waals surface area (Å²) in [6, 6.07) is 9.77. The third kappa shape index (κ3) is 7.42. The Morgan fingerprint density at radius 2 is 2.05 bits per heavy atom. The van der Waals surface area contributed by atoms with Gasteiger partial charge < -0.3 is 20.5 Å². The van der Waals surface area contributed by atoms with Crippen molar-refractivity contribution in [3.63, 3.8) is 0 Å². The van der Waals surface area contributed by atoms with Gasteiger partial charge in [-0.3, -0.25) is 14.9 Å². The summed E-state index contributed by atoms with van der Waals surface area (Å²) in [5.41, 5.74) is 8.64. The van der Waals surface area contributed by atoms with Crippen molar-refractivity contribution in [1.82, 2.24) is 25.6 Å². The molecule has 5 N–H and O–H groups in total. The number of halogens is 2. The Kier molecular flexibility index (Phi) is 9.85. The molecule has 1 fully saturated rings. The highest BCUT2D eigenvalue weighted by Gasteiger charge is 2.35. The largest absolute Gasteiger partial charge is 0.466 e. The zero-order chi connectivity index (χ0) is 28.8. The van der Waals surface area contributed by atoms with Crippen LogP contribution < -0.4 is 11.1 Å². The number of H-pyrrole nitrogens is 1. The summed E-state index contributed by atoms with van der Waals surface area (Å²) in [4.78, 5) is 26.4. The molecule has 10 nitrogen and oxygen atoms in total. The first-order valence-electron chi connectivity index (χ1n) is 13.2. The predicted octanol–water partition coefficient (Wildman–Crippen LogP) is 2.75. The van der Waals surface area contributed by atoms with Gasteiger partial charge in [-0.2, -0.15) is 15.4 Å². The molecule has 3 unspecified atom stereocenters. The molecular formula is C28H34ClFN6O4. The van der Waals surface area contributed by atoms with Gasteiger partial charge in [0.2, 0.25) is 5.91 Å². The third-order valence-electron chi connectivity index (χ3n) is 7.13. The van der Waals surface area contributed by atoms with Crippen molar-refractivity contribution in [3.8, 4) is 11.1 Å². The van der Waals surface area contributed by atoms with Crippen LogP contribution >= 0.6 is 11.6 Å². The molecule has 0 saturated carbocycles. The van der Waals surface area contributed by atoms with E-state index in [4.69, 9.17) is 22.1 Å². The van der Waals surface area contributed by atoms with Gasteiger partial charge in [0, 0.05) is 36.3 Å². The Morgan fingerprint density at radius 3 is 2.70 bits per heavy atom. The van der Waals surface area contributed by atoms with Gasteiger partial charge in [-0.1, -0.05) is 29.8 Å². The lowest BCUT2D eigenvalue weighted by atomic mass is 9.90. The monoisotopic (exact) mass is 572 g/mol. The average molecular weight is 573 g/mol. The van der Waals surface area contributed by atoms with E-state index in [1.807, 2.05) is 30.0 Å². The average Bonchev–Trinajstić information content (AvgIpc) is 3.42. The van der Waals surface area contributed by atoms with Crippen LogP contribution in [0.3, 0.4) is 0 Å². The van der Waals surface area contributed by atoms with Crippen molar-refractivity contribution in [2.75, 3.05) is 26.2 Å². The molecule has 0 bridgehead atoms. The molecule has 40 heavy (non-hydrogen) atoms. The number of aromatic nitrogens is 3. The van der Waals surface area contributed by atoms with Crippen molar-refractivity contribution >= 4 is 23.5 Å².